The zero-order valence-corrected chi connectivity index (χ0v) is 18.1. The van der Waals surface area contributed by atoms with Crippen LogP contribution in [0.4, 0.5) is 30.2 Å². The second-order valence-corrected chi connectivity index (χ2v) is 8.45. The van der Waals surface area contributed by atoms with Crippen molar-refractivity contribution in [2.75, 3.05) is 24.3 Å². The number of ether oxygens (including phenoxy) is 1. The summed E-state index contributed by atoms with van der Waals surface area (Å²) in [5, 5.41) is 10.00. The lowest BCUT2D eigenvalue weighted by atomic mass is 9.90. The van der Waals surface area contributed by atoms with Gasteiger partial charge in [0, 0.05) is 41.3 Å². The lowest BCUT2D eigenvalue weighted by molar-refractivity contribution is -0.138. The first-order chi connectivity index (χ1) is 15.3. The van der Waals surface area contributed by atoms with Crippen molar-refractivity contribution in [3.05, 3.63) is 53.6 Å². The first-order valence-electron chi connectivity index (χ1n) is 10.9. The van der Waals surface area contributed by atoms with Crippen LogP contribution in [0.5, 0.6) is 5.75 Å². The molecule has 5 nitrogen and oxygen atoms in total. The van der Waals surface area contributed by atoms with Crippen LogP contribution in [0.2, 0.25) is 0 Å². The van der Waals surface area contributed by atoms with E-state index in [4.69, 9.17) is 10.5 Å². The number of halogens is 3. The summed E-state index contributed by atoms with van der Waals surface area (Å²) < 4.78 is 45.4. The normalized spacial score (nSPS) is 20.8. The van der Waals surface area contributed by atoms with Crippen molar-refractivity contribution in [1.82, 2.24) is 5.32 Å². The van der Waals surface area contributed by atoms with Gasteiger partial charge in [-0.05, 0) is 55.2 Å². The summed E-state index contributed by atoms with van der Waals surface area (Å²) >= 11 is 0. The van der Waals surface area contributed by atoms with E-state index in [9.17, 15) is 13.2 Å². The summed E-state index contributed by atoms with van der Waals surface area (Å²) in [4.78, 5) is 0. The Morgan fingerprint density at radius 1 is 1.12 bits per heavy atom. The average molecular weight is 447 g/mol. The van der Waals surface area contributed by atoms with Gasteiger partial charge in [-0.2, -0.15) is 13.2 Å². The molecular formula is C24H29F3N4O. The highest BCUT2D eigenvalue weighted by Gasteiger charge is 2.34. The molecule has 0 aromatic heterocycles. The van der Waals surface area contributed by atoms with Crippen LogP contribution < -0.4 is 26.4 Å². The standard InChI is InChI=1S/C24H29F3N4O/c1-14-23-15(9-10-29-14)11-17(31-20-6-4-3-5-19(20)28)13-21(23)30-16-7-8-22(32-2)18(12-16)24(25,26)27/h7-8,11-13,19-20,29-31H,1,3-6,9-10,28H2,2H3/t19?,20-/m1/s1. The highest BCUT2D eigenvalue weighted by Crippen LogP contribution is 2.40. The molecule has 1 aliphatic heterocycles. The van der Waals surface area contributed by atoms with Gasteiger partial charge in [-0.1, -0.05) is 19.4 Å². The van der Waals surface area contributed by atoms with E-state index in [1.54, 1.807) is 6.07 Å². The molecule has 0 spiro atoms. The first kappa shape index (κ1) is 22.3. The molecule has 2 aliphatic rings. The maximum Gasteiger partial charge on any atom is 0.420 e. The first-order valence-corrected chi connectivity index (χ1v) is 10.9. The fourth-order valence-corrected chi connectivity index (χ4v) is 4.59. The predicted molar refractivity (Wildman–Crippen MR) is 122 cm³/mol. The van der Waals surface area contributed by atoms with E-state index in [0.29, 0.717) is 11.4 Å². The van der Waals surface area contributed by atoms with Gasteiger partial charge in [-0.15, -0.1) is 0 Å². The number of nitrogens with one attached hydrogen (secondary N) is 3. The topological polar surface area (TPSA) is 71.3 Å². The zero-order chi connectivity index (χ0) is 22.9. The summed E-state index contributed by atoms with van der Waals surface area (Å²) in [7, 11) is 1.23. The van der Waals surface area contributed by atoms with Crippen LogP contribution in [-0.2, 0) is 12.6 Å². The Bertz CT molecular complexity index is 1010. The van der Waals surface area contributed by atoms with Crippen LogP contribution in [0.1, 0.15) is 42.4 Å². The Balaban J connectivity index is 1.70. The van der Waals surface area contributed by atoms with Crippen LogP contribution in [0.3, 0.4) is 0 Å². The van der Waals surface area contributed by atoms with Gasteiger partial charge in [0.25, 0.3) is 0 Å². The largest absolute Gasteiger partial charge is 0.496 e. The van der Waals surface area contributed by atoms with Gasteiger partial charge in [0.05, 0.1) is 18.4 Å². The molecule has 2 aromatic carbocycles. The van der Waals surface area contributed by atoms with E-state index < -0.39 is 11.7 Å². The van der Waals surface area contributed by atoms with Crippen LogP contribution in [-0.4, -0.2) is 25.7 Å². The molecule has 32 heavy (non-hydrogen) atoms. The number of hydrogen-bond donors (Lipinski definition) is 4. The molecule has 172 valence electrons. The molecule has 2 atom stereocenters. The number of anilines is 3. The molecular weight excluding hydrogens is 417 g/mol. The molecule has 1 fully saturated rings. The third-order valence-electron chi connectivity index (χ3n) is 6.21. The van der Waals surface area contributed by atoms with Gasteiger partial charge in [0.2, 0.25) is 0 Å². The third-order valence-corrected chi connectivity index (χ3v) is 6.21. The Kier molecular flexibility index (Phi) is 6.24. The second kappa shape index (κ2) is 8.94. The quantitative estimate of drug-likeness (QED) is 0.505. The molecule has 0 saturated heterocycles. The number of benzene rings is 2. The van der Waals surface area contributed by atoms with Crippen LogP contribution in [0.15, 0.2) is 36.9 Å². The summed E-state index contributed by atoms with van der Waals surface area (Å²) in [5.74, 6) is -0.210. The average Bonchev–Trinajstić information content (AvgIpc) is 2.75. The predicted octanol–water partition coefficient (Wildman–Crippen LogP) is 5.26. The van der Waals surface area contributed by atoms with Gasteiger partial charge < -0.3 is 26.4 Å². The minimum Gasteiger partial charge on any atom is -0.496 e. The van der Waals surface area contributed by atoms with Crippen molar-refractivity contribution >= 4 is 22.8 Å². The summed E-state index contributed by atoms with van der Waals surface area (Å²) in [6.07, 6.45) is 0.540. The maximum atomic E-state index is 13.5. The molecule has 0 radical (unpaired) electrons. The summed E-state index contributed by atoms with van der Waals surface area (Å²) in [6, 6.07) is 8.27. The monoisotopic (exact) mass is 446 g/mol. The molecule has 4 rings (SSSR count). The minimum absolute atomic E-state index is 0.0868. The highest BCUT2D eigenvalue weighted by atomic mass is 19.4. The Morgan fingerprint density at radius 3 is 2.62 bits per heavy atom. The fourth-order valence-electron chi connectivity index (χ4n) is 4.59. The van der Waals surface area contributed by atoms with Crippen LogP contribution in [0.25, 0.3) is 5.70 Å². The molecule has 0 amide bonds. The molecule has 0 bridgehead atoms. The summed E-state index contributed by atoms with van der Waals surface area (Å²) in [5.41, 5.74) is 10.2. The highest BCUT2D eigenvalue weighted by molar-refractivity contribution is 5.83. The van der Waals surface area contributed by atoms with Crippen LogP contribution >= 0.6 is 0 Å². The number of fused-ring (bicyclic) bond motifs is 1. The lowest BCUT2D eigenvalue weighted by Gasteiger charge is -2.31. The molecule has 1 heterocycles. The SMILES string of the molecule is C=C1NCCc2cc(N[C@@H]3CCCCC3N)cc(Nc3ccc(OC)c(C(F)(F)F)c3)c21. The Morgan fingerprint density at radius 2 is 1.91 bits per heavy atom. The van der Waals surface area contributed by atoms with E-state index in [-0.39, 0.29) is 17.8 Å². The molecule has 1 aliphatic carbocycles. The molecule has 8 heteroatoms. The minimum atomic E-state index is -4.52. The van der Waals surface area contributed by atoms with Crippen molar-refractivity contribution in [3.63, 3.8) is 0 Å². The van der Waals surface area contributed by atoms with E-state index in [1.807, 2.05) is 6.07 Å². The van der Waals surface area contributed by atoms with E-state index >= 15 is 0 Å². The fraction of sp³-hybridized carbons (Fsp3) is 0.417. The molecule has 1 unspecified atom stereocenters. The molecule has 5 N–H and O–H groups in total. The van der Waals surface area contributed by atoms with Crippen molar-refractivity contribution in [1.29, 1.82) is 0 Å². The smallest absolute Gasteiger partial charge is 0.420 e. The van der Waals surface area contributed by atoms with Crippen LogP contribution in [0, 0.1) is 0 Å². The van der Waals surface area contributed by atoms with E-state index in [1.165, 1.54) is 13.2 Å². The van der Waals surface area contributed by atoms with Gasteiger partial charge in [-0.25, -0.2) is 0 Å². The second-order valence-electron chi connectivity index (χ2n) is 8.45. The number of alkyl halides is 3. The zero-order valence-electron chi connectivity index (χ0n) is 18.1. The lowest BCUT2D eigenvalue weighted by Crippen LogP contribution is -2.42. The number of hydrogen-bond acceptors (Lipinski definition) is 5. The van der Waals surface area contributed by atoms with Gasteiger partial charge >= 0.3 is 6.18 Å². The molecule has 2 aromatic rings. The number of nitrogens with two attached hydrogens (primary N) is 1. The van der Waals surface area contributed by atoms with Crippen molar-refractivity contribution in [2.24, 2.45) is 5.73 Å². The van der Waals surface area contributed by atoms with Gasteiger partial charge in [0.15, 0.2) is 0 Å². The Hall–Kier alpha value is -2.87. The van der Waals surface area contributed by atoms with Crippen molar-refractivity contribution < 1.29 is 17.9 Å². The molecule has 1 saturated carbocycles. The Labute approximate surface area is 186 Å². The number of methoxy groups -OCH3 is 1. The van der Waals surface area contributed by atoms with Crippen molar-refractivity contribution in [2.45, 2.75) is 50.4 Å². The third kappa shape index (κ3) is 4.65. The summed E-state index contributed by atoms with van der Waals surface area (Å²) in [6.45, 7) is 4.87. The number of rotatable bonds is 5. The maximum absolute atomic E-state index is 13.5. The van der Waals surface area contributed by atoms with E-state index in [2.05, 4.69) is 28.6 Å². The van der Waals surface area contributed by atoms with Gasteiger partial charge in [-0.3, -0.25) is 0 Å². The van der Waals surface area contributed by atoms with Gasteiger partial charge in [0.1, 0.15) is 5.75 Å². The van der Waals surface area contributed by atoms with Crippen molar-refractivity contribution in [3.8, 4) is 5.75 Å². The van der Waals surface area contributed by atoms with E-state index in [0.717, 1.165) is 67.2 Å².